The summed E-state index contributed by atoms with van der Waals surface area (Å²) in [5, 5.41) is 0. The van der Waals surface area contributed by atoms with Gasteiger partial charge in [0.25, 0.3) is 0 Å². The zero-order chi connectivity index (χ0) is 13.8. The minimum absolute atomic E-state index is 0.364. The topological polar surface area (TPSA) is 55.4 Å². The molecule has 4 nitrogen and oxygen atoms in total. The maximum absolute atomic E-state index is 12.1. The van der Waals surface area contributed by atoms with E-state index in [9.17, 15) is 8.42 Å². The molecule has 0 amide bonds. The Morgan fingerprint density at radius 3 is 2.33 bits per heavy atom. The van der Waals surface area contributed by atoms with E-state index >= 15 is 0 Å². The van der Waals surface area contributed by atoms with Crippen molar-refractivity contribution in [3.8, 4) is 0 Å². The van der Waals surface area contributed by atoms with Crippen molar-refractivity contribution in [2.24, 2.45) is 0 Å². The van der Waals surface area contributed by atoms with Gasteiger partial charge in [-0.3, -0.25) is 0 Å². The molecule has 0 unspecified atom stereocenters. The van der Waals surface area contributed by atoms with E-state index in [1.54, 1.807) is 13.2 Å². The summed E-state index contributed by atoms with van der Waals surface area (Å²) in [6, 6.07) is 3.63. The molecule has 0 spiro atoms. The molecule has 1 aromatic carbocycles. The molecule has 1 aromatic rings. The Kier molecular flexibility index (Phi) is 5.31. The van der Waals surface area contributed by atoms with Crippen LogP contribution < -0.4 is 4.72 Å². The number of aryl methyl sites for hydroxylation is 3. The summed E-state index contributed by atoms with van der Waals surface area (Å²) >= 11 is 0. The first-order valence-corrected chi connectivity index (χ1v) is 7.43. The SMILES string of the molecule is COCCCNS(=O)(=O)c1cc(C)c(C)cc1C. The Bertz CT molecular complexity index is 509. The predicted molar refractivity (Wildman–Crippen MR) is 72.3 cm³/mol. The van der Waals surface area contributed by atoms with Gasteiger partial charge in [-0.05, 0) is 49.9 Å². The molecular weight excluding hydrogens is 250 g/mol. The minimum atomic E-state index is -3.42. The van der Waals surface area contributed by atoms with Gasteiger partial charge < -0.3 is 4.74 Å². The van der Waals surface area contributed by atoms with Crippen LogP contribution in [0.25, 0.3) is 0 Å². The summed E-state index contributed by atoms with van der Waals surface area (Å²) in [5.74, 6) is 0. The molecule has 0 atom stereocenters. The van der Waals surface area contributed by atoms with Gasteiger partial charge in [-0.15, -0.1) is 0 Å². The largest absolute Gasteiger partial charge is 0.385 e. The second-order valence-corrected chi connectivity index (χ2v) is 6.18. The number of methoxy groups -OCH3 is 1. The highest BCUT2D eigenvalue weighted by Crippen LogP contribution is 2.19. The van der Waals surface area contributed by atoms with Crippen molar-refractivity contribution in [2.45, 2.75) is 32.1 Å². The zero-order valence-electron chi connectivity index (χ0n) is 11.4. The quantitative estimate of drug-likeness (QED) is 0.804. The van der Waals surface area contributed by atoms with E-state index in [1.165, 1.54) is 0 Å². The van der Waals surface area contributed by atoms with Gasteiger partial charge in [0.2, 0.25) is 10.0 Å². The summed E-state index contributed by atoms with van der Waals surface area (Å²) in [5.41, 5.74) is 2.86. The van der Waals surface area contributed by atoms with Gasteiger partial charge in [0.05, 0.1) is 4.90 Å². The van der Waals surface area contributed by atoms with Gasteiger partial charge in [0, 0.05) is 20.3 Å². The minimum Gasteiger partial charge on any atom is -0.385 e. The summed E-state index contributed by atoms with van der Waals surface area (Å²) in [4.78, 5) is 0.364. The van der Waals surface area contributed by atoms with Crippen molar-refractivity contribution >= 4 is 10.0 Å². The first-order valence-electron chi connectivity index (χ1n) is 5.95. The fourth-order valence-electron chi connectivity index (χ4n) is 1.72. The standard InChI is InChI=1S/C13H21NO3S/c1-10-8-12(3)13(9-11(10)2)18(15,16)14-6-5-7-17-4/h8-9,14H,5-7H2,1-4H3. The Morgan fingerprint density at radius 2 is 1.72 bits per heavy atom. The number of rotatable bonds is 6. The second kappa shape index (κ2) is 6.31. The normalized spacial score (nSPS) is 11.8. The van der Waals surface area contributed by atoms with E-state index in [0.29, 0.717) is 24.5 Å². The van der Waals surface area contributed by atoms with Crippen molar-refractivity contribution < 1.29 is 13.2 Å². The van der Waals surface area contributed by atoms with Crippen molar-refractivity contribution in [3.05, 3.63) is 28.8 Å². The molecule has 1 N–H and O–H groups in total. The Hall–Kier alpha value is -0.910. The Balaban J connectivity index is 2.88. The van der Waals surface area contributed by atoms with Crippen molar-refractivity contribution in [2.75, 3.05) is 20.3 Å². The molecule has 18 heavy (non-hydrogen) atoms. The van der Waals surface area contributed by atoms with Gasteiger partial charge in [0.1, 0.15) is 0 Å². The van der Waals surface area contributed by atoms with E-state index in [4.69, 9.17) is 4.74 Å². The smallest absolute Gasteiger partial charge is 0.240 e. The van der Waals surface area contributed by atoms with Crippen LogP contribution in [0.4, 0.5) is 0 Å². The fourth-order valence-corrected chi connectivity index (χ4v) is 3.11. The van der Waals surface area contributed by atoms with Gasteiger partial charge in [-0.1, -0.05) is 6.07 Å². The molecule has 0 heterocycles. The molecule has 0 saturated heterocycles. The third-order valence-electron chi connectivity index (χ3n) is 2.90. The average Bonchev–Trinajstić information content (AvgIpc) is 2.29. The molecule has 0 aliphatic heterocycles. The number of hydrogen-bond donors (Lipinski definition) is 1. The van der Waals surface area contributed by atoms with Crippen molar-refractivity contribution in [1.82, 2.24) is 4.72 Å². The lowest BCUT2D eigenvalue weighted by Crippen LogP contribution is -2.26. The maximum atomic E-state index is 12.1. The third kappa shape index (κ3) is 3.80. The molecular formula is C13H21NO3S. The van der Waals surface area contributed by atoms with E-state index in [0.717, 1.165) is 16.7 Å². The van der Waals surface area contributed by atoms with Gasteiger partial charge in [-0.25, -0.2) is 13.1 Å². The molecule has 5 heteroatoms. The first-order chi connectivity index (χ1) is 8.38. The first kappa shape index (κ1) is 15.1. The molecule has 0 fully saturated rings. The third-order valence-corrected chi connectivity index (χ3v) is 4.50. The lowest BCUT2D eigenvalue weighted by atomic mass is 10.1. The van der Waals surface area contributed by atoms with Crippen LogP contribution in [0.2, 0.25) is 0 Å². The monoisotopic (exact) mass is 271 g/mol. The van der Waals surface area contributed by atoms with Crippen LogP contribution in [-0.2, 0) is 14.8 Å². The fraction of sp³-hybridized carbons (Fsp3) is 0.538. The molecule has 1 rings (SSSR count). The highest BCUT2D eigenvalue weighted by atomic mass is 32.2. The van der Waals surface area contributed by atoms with Crippen molar-refractivity contribution in [1.29, 1.82) is 0 Å². The van der Waals surface area contributed by atoms with Crippen LogP contribution in [0.1, 0.15) is 23.1 Å². The van der Waals surface area contributed by atoms with Gasteiger partial charge >= 0.3 is 0 Å². The number of hydrogen-bond acceptors (Lipinski definition) is 3. The number of nitrogens with one attached hydrogen (secondary N) is 1. The van der Waals surface area contributed by atoms with Crippen LogP contribution in [0.15, 0.2) is 17.0 Å². The lowest BCUT2D eigenvalue weighted by Gasteiger charge is -2.11. The van der Waals surface area contributed by atoms with Gasteiger partial charge in [-0.2, -0.15) is 0 Å². The lowest BCUT2D eigenvalue weighted by molar-refractivity contribution is 0.196. The molecule has 0 bridgehead atoms. The van der Waals surface area contributed by atoms with Crippen molar-refractivity contribution in [3.63, 3.8) is 0 Å². The molecule has 0 aliphatic carbocycles. The second-order valence-electron chi connectivity index (χ2n) is 4.45. The average molecular weight is 271 g/mol. The molecule has 0 saturated carbocycles. The maximum Gasteiger partial charge on any atom is 0.240 e. The molecule has 0 aliphatic rings. The predicted octanol–water partition coefficient (Wildman–Crippen LogP) is 1.93. The highest BCUT2D eigenvalue weighted by Gasteiger charge is 2.16. The van der Waals surface area contributed by atoms with E-state index in [2.05, 4.69) is 4.72 Å². The number of benzene rings is 1. The molecule has 102 valence electrons. The molecule has 0 aromatic heterocycles. The van der Waals surface area contributed by atoms with Gasteiger partial charge in [0.15, 0.2) is 0 Å². The van der Waals surface area contributed by atoms with E-state index < -0.39 is 10.0 Å². The Labute approximate surface area is 109 Å². The summed E-state index contributed by atoms with van der Waals surface area (Å²) < 4.78 is 31.7. The van der Waals surface area contributed by atoms with E-state index in [-0.39, 0.29) is 0 Å². The van der Waals surface area contributed by atoms with Crippen LogP contribution in [0.3, 0.4) is 0 Å². The number of ether oxygens (including phenoxy) is 1. The summed E-state index contributed by atoms with van der Waals surface area (Å²) in [6.45, 7) is 6.65. The summed E-state index contributed by atoms with van der Waals surface area (Å²) in [6.07, 6.45) is 0.666. The Morgan fingerprint density at radius 1 is 1.11 bits per heavy atom. The van der Waals surface area contributed by atoms with Crippen LogP contribution in [0.5, 0.6) is 0 Å². The molecule has 0 radical (unpaired) electrons. The van der Waals surface area contributed by atoms with Crippen LogP contribution in [-0.4, -0.2) is 28.7 Å². The van der Waals surface area contributed by atoms with Crippen LogP contribution in [0, 0.1) is 20.8 Å². The van der Waals surface area contributed by atoms with Crippen LogP contribution >= 0.6 is 0 Å². The number of sulfonamides is 1. The van der Waals surface area contributed by atoms with E-state index in [1.807, 2.05) is 26.8 Å². The highest BCUT2D eigenvalue weighted by molar-refractivity contribution is 7.89. The summed E-state index contributed by atoms with van der Waals surface area (Å²) in [7, 11) is -1.82. The zero-order valence-corrected chi connectivity index (χ0v) is 12.2.